The van der Waals surface area contributed by atoms with Crippen molar-refractivity contribution in [1.82, 2.24) is 29.4 Å². The molecular formula is C25H29FN6O6S. The number of hydrogen-bond donors (Lipinski definition) is 3. The number of carbonyl (C=O) groups excluding carboxylic acids is 1. The van der Waals surface area contributed by atoms with Crippen LogP contribution in [0.3, 0.4) is 0 Å². The van der Waals surface area contributed by atoms with Crippen molar-refractivity contribution in [3.63, 3.8) is 0 Å². The van der Waals surface area contributed by atoms with Crippen LogP contribution < -0.4 is 21.3 Å². The van der Waals surface area contributed by atoms with Gasteiger partial charge in [0.2, 0.25) is 5.91 Å². The van der Waals surface area contributed by atoms with Gasteiger partial charge in [-0.3, -0.25) is 14.2 Å². The Morgan fingerprint density at radius 2 is 1.90 bits per heavy atom. The lowest BCUT2D eigenvalue weighted by molar-refractivity contribution is -0.126. The van der Waals surface area contributed by atoms with E-state index in [0.717, 1.165) is 4.57 Å². The van der Waals surface area contributed by atoms with E-state index in [1.165, 1.54) is 58.4 Å². The van der Waals surface area contributed by atoms with Gasteiger partial charge >= 0.3 is 5.69 Å². The number of aliphatic hydroxyl groups excluding tert-OH is 2. The number of carbonyl (C=O) groups is 1. The summed E-state index contributed by atoms with van der Waals surface area (Å²) in [4.78, 5) is 41.8. The molecule has 1 aliphatic heterocycles. The van der Waals surface area contributed by atoms with Crippen LogP contribution in [-0.4, -0.2) is 67.1 Å². The third-order valence-electron chi connectivity index (χ3n) is 6.33. The quantitative estimate of drug-likeness (QED) is 0.302. The lowest BCUT2D eigenvalue weighted by Crippen LogP contribution is -2.49. The van der Waals surface area contributed by atoms with E-state index in [0.29, 0.717) is 51.5 Å². The molecule has 208 valence electrons. The first kappa shape index (κ1) is 28.1. The zero-order chi connectivity index (χ0) is 28.1. The number of thiophene rings is 1. The van der Waals surface area contributed by atoms with Crippen molar-refractivity contribution in [2.75, 3.05) is 26.9 Å². The summed E-state index contributed by atoms with van der Waals surface area (Å²) in [5.41, 5.74) is 0.108. The SMILES string of the molecule is COc1ccc(F)cc1CCn1c(=O)n(C2CCCNC2=O)c(=O)c2c(C)c(-n3nccn3)sc21.OCCO. The Morgan fingerprint density at radius 1 is 1.18 bits per heavy atom. The van der Waals surface area contributed by atoms with Gasteiger partial charge in [0.1, 0.15) is 27.4 Å². The van der Waals surface area contributed by atoms with Crippen molar-refractivity contribution in [3.05, 3.63) is 68.4 Å². The highest BCUT2D eigenvalue weighted by Crippen LogP contribution is 2.31. The zero-order valence-corrected chi connectivity index (χ0v) is 22.3. The molecule has 1 aliphatic rings. The minimum atomic E-state index is -0.895. The third-order valence-corrected chi connectivity index (χ3v) is 7.61. The first-order chi connectivity index (χ1) is 18.8. The average molecular weight is 561 g/mol. The van der Waals surface area contributed by atoms with E-state index < -0.39 is 23.1 Å². The standard InChI is InChI=1S/C23H23FN6O4S.C2H6O2/c1-13-18-20(32)29(16-4-3-8-25-19(16)31)23(33)28(22(18)35-21(13)30-26-9-10-27-30)11-7-14-12-15(24)5-6-17(14)34-2;3-1-2-4/h5-6,9-10,12,16H,3-4,7-8,11H2,1-2H3,(H,25,31);3-4H,1-2H2. The number of methoxy groups -OCH3 is 1. The third kappa shape index (κ3) is 5.62. The van der Waals surface area contributed by atoms with Crippen LogP contribution in [0.5, 0.6) is 5.75 Å². The fourth-order valence-electron chi connectivity index (χ4n) is 4.51. The number of fused-ring (bicyclic) bond motifs is 1. The van der Waals surface area contributed by atoms with Crippen LogP contribution >= 0.6 is 11.3 Å². The Hall–Kier alpha value is -3.88. The molecule has 0 saturated carbocycles. The molecule has 14 heteroatoms. The average Bonchev–Trinajstić information content (AvgIpc) is 3.58. The zero-order valence-electron chi connectivity index (χ0n) is 21.5. The number of benzene rings is 1. The molecule has 1 fully saturated rings. The van der Waals surface area contributed by atoms with Crippen LogP contribution in [0.4, 0.5) is 4.39 Å². The molecule has 4 heterocycles. The van der Waals surface area contributed by atoms with Crippen molar-refractivity contribution >= 4 is 27.5 Å². The van der Waals surface area contributed by atoms with Crippen LogP contribution in [0.25, 0.3) is 15.2 Å². The van der Waals surface area contributed by atoms with Crippen LogP contribution in [-0.2, 0) is 17.8 Å². The fourth-order valence-corrected chi connectivity index (χ4v) is 5.75. The molecule has 1 unspecified atom stereocenters. The number of nitrogens with zero attached hydrogens (tertiary/aromatic N) is 5. The van der Waals surface area contributed by atoms with Crippen molar-refractivity contribution in [2.24, 2.45) is 0 Å². The van der Waals surface area contributed by atoms with Gasteiger partial charge in [0, 0.05) is 18.7 Å². The number of nitrogens with one attached hydrogen (secondary N) is 1. The summed E-state index contributed by atoms with van der Waals surface area (Å²) >= 11 is 1.22. The van der Waals surface area contributed by atoms with Gasteiger partial charge in [0.15, 0.2) is 0 Å². The van der Waals surface area contributed by atoms with Crippen LogP contribution in [0.1, 0.15) is 30.0 Å². The number of aliphatic hydroxyl groups is 2. The number of ether oxygens (including phenoxy) is 1. The second-order valence-corrected chi connectivity index (χ2v) is 9.72. The molecule has 1 saturated heterocycles. The number of rotatable bonds is 7. The van der Waals surface area contributed by atoms with Gasteiger partial charge in [0.25, 0.3) is 5.56 Å². The molecule has 3 N–H and O–H groups in total. The Labute approximate surface area is 225 Å². The maximum Gasteiger partial charge on any atom is 0.332 e. The number of aryl methyl sites for hydroxylation is 3. The van der Waals surface area contributed by atoms with Crippen LogP contribution in [0, 0.1) is 12.7 Å². The van der Waals surface area contributed by atoms with Gasteiger partial charge in [0.05, 0.1) is 38.1 Å². The maximum absolute atomic E-state index is 13.9. The molecule has 12 nitrogen and oxygen atoms in total. The first-order valence-electron chi connectivity index (χ1n) is 12.3. The molecule has 0 spiro atoms. The van der Waals surface area contributed by atoms with Gasteiger partial charge in [-0.05, 0) is 49.9 Å². The van der Waals surface area contributed by atoms with E-state index in [2.05, 4.69) is 15.5 Å². The highest BCUT2D eigenvalue weighted by Gasteiger charge is 2.30. The minimum absolute atomic E-state index is 0.125. The predicted octanol–water partition coefficient (Wildman–Crippen LogP) is 0.926. The highest BCUT2D eigenvalue weighted by atomic mass is 32.1. The summed E-state index contributed by atoms with van der Waals surface area (Å²) in [5.74, 6) is -0.268. The first-order valence-corrected chi connectivity index (χ1v) is 13.1. The topological polar surface area (TPSA) is 153 Å². The summed E-state index contributed by atoms with van der Waals surface area (Å²) < 4.78 is 21.8. The molecule has 0 aliphatic carbocycles. The maximum atomic E-state index is 13.9. The number of piperidine rings is 1. The molecule has 39 heavy (non-hydrogen) atoms. The molecule has 3 aromatic heterocycles. The summed E-state index contributed by atoms with van der Waals surface area (Å²) in [6.45, 7) is 2.18. The molecule has 0 radical (unpaired) electrons. The summed E-state index contributed by atoms with van der Waals surface area (Å²) in [7, 11) is 1.50. The summed E-state index contributed by atoms with van der Waals surface area (Å²) in [5, 5.41) is 27.3. The Morgan fingerprint density at radius 3 is 2.54 bits per heavy atom. The van der Waals surface area contributed by atoms with E-state index in [9.17, 15) is 18.8 Å². The van der Waals surface area contributed by atoms with Crippen molar-refractivity contribution in [1.29, 1.82) is 0 Å². The van der Waals surface area contributed by atoms with E-state index in [1.807, 2.05) is 0 Å². The Bertz CT molecular complexity index is 1580. The monoisotopic (exact) mass is 560 g/mol. The lowest BCUT2D eigenvalue weighted by atomic mass is 10.1. The fraction of sp³-hybridized carbons (Fsp3) is 0.400. The van der Waals surface area contributed by atoms with Crippen molar-refractivity contribution in [3.8, 4) is 10.8 Å². The smallest absolute Gasteiger partial charge is 0.332 e. The number of hydrogen-bond acceptors (Lipinski definition) is 9. The van der Waals surface area contributed by atoms with Gasteiger partial charge in [-0.25, -0.2) is 13.8 Å². The van der Waals surface area contributed by atoms with Crippen molar-refractivity contribution in [2.45, 2.75) is 38.8 Å². The molecule has 1 amide bonds. The number of amides is 1. The Kier molecular flexibility index (Phi) is 8.89. The van der Waals surface area contributed by atoms with E-state index in [-0.39, 0.29) is 32.1 Å². The van der Waals surface area contributed by atoms with E-state index >= 15 is 0 Å². The minimum Gasteiger partial charge on any atom is -0.496 e. The Balaban J connectivity index is 0.000000826. The van der Waals surface area contributed by atoms with Gasteiger partial charge < -0.3 is 20.3 Å². The second-order valence-electron chi connectivity index (χ2n) is 8.74. The normalized spacial score (nSPS) is 15.1. The summed E-state index contributed by atoms with van der Waals surface area (Å²) in [6, 6.07) is 3.31. The van der Waals surface area contributed by atoms with Crippen LogP contribution in [0.2, 0.25) is 0 Å². The molecule has 1 aromatic carbocycles. The van der Waals surface area contributed by atoms with Gasteiger partial charge in [-0.1, -0.05) is 11.3 Å². The molecule has 1 atom stereocenters. The highest BCUT2D eigenvalue weighted by molar-refractivity contribution is 7.21. The van der Waals surface area contributed by atoms with E-state index in [4.69, 9.17) is 14.9 Å². The summed E-state index contributed by atoms with van der Waals surface area (Å²) in [6.07, 6.45) is 4.37. The van der Waals surface area contributed by atoms with E-state index in [1.54, 1.807) is 6.92 Å². The lowest BCUT2D eigenvalue weighted by Gasteiger charge is -2.24. The number of aromatic nitrogens is 5. The predicted molar refractivity (Wildman–Crippen MR) is 142 cm³/mol. The van der Waals surface area contributed by atoms with Gasteiger partial charge in [-0.15, -0.1) is 4.80 Å². The van der Waals surface area contributed by atoms with Crippen LogP contribution in [0.15, 0.2) is 40.2 Å². The molecule has 4 aromatic rings. The molecular weight excluding hydrogens is 531 g/mol. The number of halogens is 1. The molecule has 5 rings (SSSR count). The second kappa shape index (κ2) is 12.3. The van der Waals surface area contributed by atoms with Crippen molar-refractivity contribution < 1.29 is 24.1 Å². The molecule has 0 bridgehead atoms. The largest absolute Gasteiger partial charge is 0.496 e. The van der Waals surface area contributed by atoms with Gasteiger partial charge in [-0.2, -0.15) is 10.2 Å².